The maximum atomic E-state index is 3.48. The van der Waals surface area contributed by atoms with E-state index in [1.165, 1.54) is 25.8 Å². The van der Waals surface area contributed by atoms with E-state index in [2.05, 4.69) is 19.2 Å². The van der Waals surface area contributed by atoms with E-state index in [0.29, 0.717) is 0 Å². The van der Waals surface area contributed by atoms with Crippen molar-refractivity contribution in [2.24, 2.45) is 5.92 Å². The Bertz CT molecular complexity index is 72.6. The molecule has 1 nitrogen and oxygen atoms in total. The Hall–Kier alpha value is -0.0400. The number of rotatable bonds is 1. The van der Waals surface area contributed by atoms with E-state index in [9.17, 15) is 0 Å². The second kappa shape index (κ2) is 3.21. The highest BCUT2D eigenvalue weighted by molar-refractivity contribution is 4.73. The highest BCUT2D eigenvalue weighted by atomic mass is 14.9. The minimum Gasteiger partial charge on any atom is -0.314 e. The van der Waals surface area contributed by atoms with Gasteiger partial charge in [-0.15, -0.1) is 0 Å². The van der Waals surface area contributed by atoms with E-state index in [1.54, 1.807) is 0 Å². The van der Waals surface area contributed by atoms with Crippen molar-refractivity contribution in [2.75, 3.05) is 6.54 Å². The molecule has 0 aromatic heterocycles. The summed E-state index contributed by atoms with van der Waals surface area (Å²) in [6.45, 7) is 5.80. The van der Waals surface area contributed by atoms with Gasteiger partial charge >= 0.3 is 0 Å². The predicted octanol–water partition coefficient (Wildman–Crippen LogP) is 1.78. The van der Waals surface area contributed by atoms with Gasteiger partial charge in [0.2, 0.25) is 0 Å². The van der Waals surface area contributed by atoms with E-state index in [1.807, 2.05) is 0 Å². The normalized spacial score (nSPS) is 36.7. The lowest BCUT2D eigenvalue weighted by Crippen LogP contribution is -2.36. The number of hydrogen-bond donors (Lipinski definition) is 1. The molecule has 0 spiro atoms. The van der Waals surface area contributed by atoms with Crippen molar-refractivity contribution < 1.29 is 0 Å². The van der Waals surface area contributed by atoms with Crippen LogP contribution in [0.1, 0.15) is 33.1 Å². The Balaban J connectivity index is 2.18. The number of hydrogen-bond acceptors (Lipinski definition) is 1. The van der Waals surface area contributed by atoms with Gasteiger partial charge in [0.1, 0.15) is 0 Å². The molecule has 0 aromatic carbocycles. The van der Waals surface area contributed by atoms with Crippen LogP contribution in [-0.2, 0) is 0 Å². The first kappa shape index (κ1) is 7.07. The quantitative estimate of drug-likeness (QED) is 0.566. The Kier molecular flexibility index (Phi) is 2.52. The van der Waals surface area contributed by atoms with Gasteiger partial charge < -0.3 is 5.32 Å². The lowest BCUT2D eigenvalue weighted by atomic mass is 9.94. The second-order valence-corrected chi connectivity index (χ2v) is 3.16. The molecular formula is C8H17N. The topological polar surface area (TPSA) is 12.0 Å². The fourth-order valence-corrected chi connectivity index (χ4v) is 1.41. The van der Waals surface area contributed by atoms with E-state index in [0.717, 1.165) is 12.0 Å². The van der Waals surface area contributed by atoms with Crippen molar-refractivity contribution in [3.63, 3.8) is 0 Å². The standard InChI is InChI=1S/C8H17N/c1-3-8-5-4-7(2)9-6-8/h7-9H,3-6H2,1-2H3/t7-,8-/m0/s1. The van der Waals surface area contributed by atoms with Gasteiger partial charge in [0, 0.05) is 6.04 Å². The van der Waals surface area contributed by atoms with E-state index >= 15 is 0 Å². The van der Waals surface area contributed by atoms with Crippen LogP contribution in [0.2, 0.25) is 0 Å². The third-order valence-electron chi connectivity index (χ3n) is 2.34. The summed E-state index contributed by atoms with van der Waals surface area (Å²) in [6.07, 6.45) is 4.16. The van der Waals surface area contributed by atoms with Crippen molar-refractivity contribution in [2.45, 2.75) is 39.2 Å². The lowest BCUT2D eigenvalue weighted by molar-refractivity contribution is 0.317. The monoisotopic (exact) mass is 127 g/mol. The average Bonchev–Trinajstić information content (AvgIpc) is 1.90. The van der Waals surface area contributed by atoms with Gasteiger partial charge in [0.15, 0.2) is 0 Å². The van der Waals surface area contributed by atoms with Crippen LogP contribution < -0.4 is 5.32 Å². The molecule has 1 heteroatoms. The lowest BCUT2D eigenvalue weighted by Gasteiger charge is -2.26. The molecule has 1 fully saturated rings. The molecule has 1 aliphatic rings. The smallest absolute Gasteiger partial charge is 0.00389 e. The first-order valence-corrected chi connectivity index (χ1v) is 4.06. The van der Waals surface area contributed by atoms with Gasteiger partial charge in [0.05, 0.1) is 0 Å². The highest BCUT2D eigenvalue weighted by Crippen LogP contribution is 2.16. The molecule has 0 radical (unpaired) electrons. The molecule has 1 N–H and O–H groups in total. The molecule has 1 heterocycles. The maximum Gasteiger partial charge on any atom is 0.00389 e. The van der Waals surface area contributed by atoms with Crippen LogP contribution in [0.3, 0.4) is 0 Å². The molecular weight excluding hydrogens is 110 g/mol. The van der Waals surface area contributed by atoms with E-state index in [4.69, 9.17) is 0 Å². The molecule has 0 aliphatic carbocycles. The first-order valence-electron chi connectivity index (χ1n) is 4.06. The van der Waals surface area contributed by atoms with Crippen LogP contribution in [0.15, 0.2) is 0 Å². The third kappa shape index (κ3) is 1.98. The summed E-state index contributed by atoms with van der Waals surface area (Å²) in [4.78, 5) is 0. The molecule has 1 aliphatic heterocycles. The van der Waals surface area contributed by atoms with Gasteiger partial charge in [-0.25, -0.2) is 0 Å². The third-order valence-corrected chi connectivity index (χ3v) is 2.34. The predicted molar refractivity (Wildman–Crippen MR) is 40.5 cm³/mol. The largest absolute Gasteiger partial charge is 0.314 e. The second-order valence-electron chi connectivity index (χ2n) is 3.16. The molecule has 1 rings (SSSR count). The van der Waals surface area contributed by atoms with Crippen molar-refractivity contribution in [3.05, 3.63) is 0 Å². The fourth-order valence-electron chi connectivity index (χ4n) is 1.41. The van der Waals surface area contributed by atoms with Gasteiger partial charge in [0.25, 0.3) is 0 Å². The molecule has 0 bridgehead atoms. The molecule has 0 saturated carbocycles. The molecule has 0 aromatic rings. The van der Waals surface area contributed by atoms with Crippen LogP contribution in [-0.4, -0.2) is 12.6 Å². The summed E-state index contributed by atoms with van der Waals surface area (Å²) < 4.78 is 0. The van der Waals surface area contributed by atoms with Gasteiger partial charge in [-0.2, -0.15) is 0 Å². The van der Waals surface area contributed by atoms with E-state index in [-0.39, 0.29) is 0 Å². The molecule has 0 unspecified atom stereocenters. The van der Waals surface area contributed by atoms with Crippen LogP contribution >= 0.6 is 0 Å². The molecule has 54 valence electrons. The van der Waals surface area contributed by atoms with Crippen LogP contribution in [0.5, 0.6) is 0 Å². The van der Waals surface area contributed by atoms with Crippen LogP contribution in [0.4, 0.5) is 0 Å². The number of nitrogens with one attached hydrogen (secondary N) is 1. The first-order chi connectivity index (χ1) is 4.33. The fraction of sp³-hybridized carbons (Fsp3) is 1.00. The number of piperidine rings is 1. The average molecular weight is 127 g/mol. The van der Waals surface area contributed by atoms with Crippen molar-refractivity contribution in [1.29, 1.82) is 0 Å². The van der Waals surface area contributed by atoms with Gasteiger partial charge in [-0.3, -0.25) is 0 Å². The summed E-state index contributed by atoms with van der Waals surface area (Å²) in [5, 5.41) is 3.48. The highest BCUT2D eigenvalue weighted by Gasteiger charge is 2.14. The molecule has 1 saturated heterocycles. The SMILES string of the molecule is CC[C@H]1CC[C@H](C)NC1. The molecule has 0 amide bonds. The Morgan fingerprint density at radius 2 is 2.22 bits per heavy atom. The van der Waals surface area contributed by atoms with Crippen LogP contribution in [0.25, 0.3) is 0 Å². The van der Waals surface area contributed by atoms with Crippen molar-refractivity contribution >= 4 is 0 Å². The van der Waals surface area contributed by atoms with Gasteiger partial charge in [-0.05, 0) is 32.2 Å². The summed E-state index contributed by atoms with van der Waals surface area (Å²) in [7, 11) is 0. The minimum atomic E-state index is 0.771. The zero-order valence-corrected chi connectivity index (χ0v) is 6.48. The molecule has 2 atom stereocenters. The van der Waals surface area contributed by atoms with Crippen LogP contribution in [0, 0.1) is 5.92 Å². The summed E-state index contributed by atoms with van der Waals surface area (Å²) >= 11 is 0. The minimum absolute atomic E-state index is 0.771. The Morgan fingerprint density at radius 1 is 1.44 bits per heavy atom. The maximum absolute atomic E-state index is 3.48. The zero-order chi connectivity index (χ0) is 6.69. The van der Waals surface area contributed by atoms with Gasteiger partial charge in [-0.1, -0.05) is 13.3 Å². The van der Waals surface area contributed by atoms with E-state index < -0.39 is 0 Å². The Labute approximate surface area is 57.8 Å². The zero-order valence-electron chi connectivity index (χ0n) is 6.48. The Morgan fingerprint density at radius 3 is 2.67 bits per heavy atom. The van der Waals surface area contributed by atoms with Crippen molar-refractivity contribution in [3.8, 4) is 0 Å². The summed E-state index contributed by atoms with van der Waals surface area (Å²) in [5.74, 6) is 0.959. The van der Waals surface area contributed by atoms with Crippen molar-refractivity contribution in [1.82, 2.24) is 5.32 Å². The summed E-state index contributed by atoms with van der Waals surface area (Å²) in [5.41, 5.74) is 0. The summed E-state index contributed by atoms with van der Waals surface area (Å²) in [6, 6.07) is 0.771. The molecule has 9 heavy (non-hydrogen) atoms.